The number of hydrogen-bond donors (Lipinski definition) is 3. The number of aliphatic hydroxyl groups excluding tert-OH is 1. The molecular formula is C14H17N3O2. The molecule has 100 valence electrons. The van der Waals surface area contributed by atoms with Crippen LogP contribution in [0.4, 0.5) is 5.69 Å². The van der Waals surface area contributed by atoms with Crippen molar-refractivity contribution in [2.24, 2.45) is 0 Å². The number of amides is 1. The number of nitrogens with two attached hydrogens (primary N) is 1. The van der Waals surface area contributed by atoms with Crippen LogP contribution in [-0.4, -0.2) is 22.0 Å². The van der Waals surface area contributed by atoms with Crippen molar-refractivity contribution in [2.45, 2.75) is 31.7 Å². The molecule has 2 heterocycles. The van der Waals surface area contributed by atoms with Crippen molar-refractivity contribution in [1.82, 2.24) is 10.2 Å². The van der Waals surface area contributed by atoms with E-state index < -0.39 is 6.23 Å². The Morgan fingerprint density at radius 2 is 2.26 bits per heavy atom. The van der Waals surface area contributed by atoms with Crippen LogP contribution in [0.15, 0.2) is 30.5 Å². The minimum atomic E-state index is -0.660. The zero-order valence-electron chi connectivity index (χ0n) is 10.6. The van der Waals surface area contributed by atoms with Crippen molar-refractivity contribution in [2.75, 3.05) is 5.73 Å². The van der Waals surface area contributed by atoms with E-state index in [-0.39, 0.29) is 11.9 Å². The van der Waals surface area contributed by atoms with Crippen LogP contribution < -0.4 is 11.1 Å². The van der Waals surface area contributed by atoms with Gasteiger partial charge in [0.1, 0.15) is 6.23 Å². The molecule has 3 rings (SSSR count). The number of benzene rings is 1. The van der Waals surface area contributed by atoms with Crippen LogP contribution in [0.25, 0.3) is 0 Å². The van der Waals surface area contributed by atoms with Gasteiger partial charge >= 0.3 is 0 Å². The van der Waals surface area contributed by atoms with E-state index in [1.165, 1.54) is 0 Å². The third kappa shape index (κ3) is 2.01. The lowest BCUT2D eigenvalue weighted by Crippen LogP contribution is -2.45. The van der Waals surface area contributed by atoms with E-state index >= 15 is 0 Å². The lowest BCUT2D eigenvalue weighted by atomic mass is 10.0. The fraction of sp³-hybridized carbons (Fsp3) is 0.357. The van der Waals surface area contributed by atoms with Gasteiger partial charge in [0.05, 0.1) is 6.04 Å². The molecule has 0 saturated carbocycles. The van der Waals surface area contributed by atoms with Crippen LogP contribution >= 0.6 is 0 Å². The van der Waals surface area contributed by atoms with Crippen molar-refractivity contribution in [3.8, 4) is 0 Å². The number of rotatable bonds is 1. The van der Waals surface area contributed by atoms with Crippen molar-refractivity contribution in [3.05, 3.63) is 41.6 Å². The average Bonchev–Trinajstić information content (AvgIpc) is 2.66. The highest BCUT2D eigenvalue weighted by Gasteiger charge is 2.36. The summed E-state index contributed by atoms with van der Waals surface area (Å²) in [5.41, 5.74) is 9.06. The highest BCUT2D eigenvalue weighted by molar-refractivity contribution is 5.79. The molecule has 1 amide bonds. The van der Waals surface area contributed by atoms with Gasteiger partial charge in [-0.05, 0) is 24.1 Å². The number of nitrogen functional groups attached to an aromatic ring is 1. The first kappa shape index (κ1) is 12.2. The second-order valence-electron chi connectivity index (χ2n) is 5.13. The van der Waals surface area contributed by atoms with Crippen LogP contribution in [0, 0.1) is 0 Å². The molecule has 0 bridgehead atoms. The normalized spacial score (nSPS) is 27.2. The van der Waals surface area contributed by atoms with Crippen LogP contribution in [0.3, 0.4) is 0 Å². The largest absolute Gasteiger partial charge is 0.399 e. The summed E-state index contributed by atoms with van der Waals surface area (Å²) in [4.78, 5) is 13.3. The van der Waals surface area contributed by atoms with Gasteiger partial charge in [0.25, 0.3) is 0 Å². The molecule has 4 N–H and O–H groups in total. The molecule has 19 heavy (non-hydrogen) atoms. The zero-order valence-corrected chi connectivity index (χ0v) is 10.6. The summed E-state index contributed by atoms with van der Waals surface area (Å²) in [7, 11) is 0. The quantitative estimate of drug-likeness (QED) is 0.654. The average molecular weight is 259 g/mol. The van der Waals surface area contributed by atoms with Crippen molar-refractivity contribution >= 4 is 11.6 Å². The molecule has 1 aromatic rings. The van der Waals surface area contributed by atoms with Gasteiger partial charge in [0, 0.05) is 29.9 Å². The van der Waals surface area contributed by atoms with Gasteiger partial charge in [0.15, 0.2) is 0 Å². The molecule has 2 unspecified atom stereocenters. The summed E-state index contributed by atoms with van der Waals surface area (Å²) in [5.74, 6) is -0.00306. The van der Waals surface area contributed by atoms with E-state index in [2.05, 4.69) is 11.9 Å². The molecule has 2 aliphatic rings. The van der Waals surface area contributed by atoms with Crippen LogP contribution in [-0.2, 0) is 11.3 Å². The molecule has 2 aliphatic heterocycles. The third-order valence-corrected chi connectivity index (χ3v) is 3.86. The Morgan fingerprint density at radius 1 is 1.47 bits per heavy atom. The molecule has 1 aromatic carbocycles. The van der Waals surface area contributed by atoms with Crippen molar-refractivity contribution in [3.63, 3.8) is 0 Å². The number of carbonyl (C=O) groups excluding carboxylic acids is 1. The van der Waals surface area contributed by atoms with Gasteiger partial charge in [-0.15, -0.1) is 0 Å². The molecule has 5 heteroatoms. The highest BCUT2D eigenvalue weighted by atomic mass is 16.3. The minimum absolute atomic E-state index is 0.00306. The lowest BCUT2D eigenvalue weighted by Gasteiger charge is -2.34. The van der Waals surface area contributed by atoms with Gasteiger partial charge in [-0.2, -0.15) is 0 Å². The van der Waals surface area contributed by atoms with E-state index in [1.54, 1.807) is 6.07 Å². The highest BCUT2D eigenvalue weighted by Crippen LogP contribution is 2.37. The van der Waals surface area contributed by atoms with E-state index in [1.807, 2.05) is 17.0 Å². The lowest BCUT2D eigenvalue weighted by molar-refractivity contribution is -0.122. The van der Waals surface area contributed by atoms with Gasteiger partial charge < -0.3 is 16.2 Å². The molecule has 0 radical (unpaired) electrons. The van der Waals surface area contributed by atoms with Gasteiger partial charge in [-0.1, -0.05) is 12.6 Å². The first-order chi connectivity index (χ1) is 9.06. The predicted molar refractivity (Wildman–Crippen MR) is 71.7 cm³/mol. The number of fused-ring (bicyclic) bond motifs is 1. The molecule has 2 atom stereocenters. The number of piperidine rings is 1. The Balaban J connectivity index is 1.85. The Bertz CT molecular complexity index is 556. The summed E-state index contributed by atoms with van der Waals surface area (Å²) in [6, 6.07) is 5.52. The summed E-state index contributed by atoms with van der Waals surface area (Å²) in [6.07, 6.45) is 0.490. The van der Waals surface area contributed by atoms with Crippen molar-refractivity contribution < 1.29 is 9.90 Å². The Hall–Kier alpha value is -1.85. The summed E-state index contributed by atoms with van der Waals surface area (Å²) >= 11 is 0. The van der Waals surface area contributed by atoms with E-state index in [0.29, 0.717) is 30.8 Å². The molecule has 1 fully saturated rings. The molecule has 0 aromatic heterocycles. The molecule has 5 nitrogen and oxygen atoms in total. The predicted octanol–water partition coefficient (Wildman–Crippen LogP) is 0.868. The van der Waals surface area contributed by atoms with Gasteiger partial charge in [-0.25, -0.2) is 0 Å². The topological polar surface area (TPSA) is 78.6 Å². The number of anilines is 1. The fourth-order valence-corrected chi connectivity index (χ4v) is 2.89. The van der Waals surface area contributed by atoms with Gasteiger partial charge in [0.2, 0.25) is 5.91 Å². The Morgan fingerprint density at radius 3 is 3.00 bits per heavy atom. The number of nitrogens with one attached hydrogen (secondary N) is 1. The monoisotopic (exact) mass is 259 g/mol. The maximum atomic E-state index is 11.3. The number of hydrogen-bond acceptors (Lipinski definition) is 4. The van der Waals surface area contributed by atoms with Crippen molar-refractivity contribution in [1.29, 1.82) is 0 Å². The standard InChI is InChI=1S/C14H17N3O2/c1-8-12(4-5-13(18)16-8)17-7-9-6-10(15)2-3-11(9)14(17)19/h2-3,6,12,14,19H,1,4-5,7,15H2,(H,16,18). The molecule has 1 saturated heterocycles. The number of carbonyl (C=O) groups is 1. The fourth-order valence-electron chi connectivity index (χ4n) is 2.89. The summed E-state index contributed by atoms with van der Waals surface area (Å²) in [6.45, 7) is 4.52. The third-order valence-electron chi connectivity index (χ3n) is 3.86. The molecular weight excluding hydrogens is 242 g/mol. The Kier molecular flexibility index (Phi) is 2.80. The second kappa shape index (κ2) is 4.36. The zero-order chi connectivity index (χ0) is 13.6. The first-order valence-electron chi connectivity index (χ1n) is 6.37. The van der Waals surface area contributed by atoms with E-state index in [9.17, 15) is 9.90 Å². The smallest absolute Gasteiger partial charge is 0.224 e. The first-order valence-corrected chi connectivity index (χ1v) is 6.37. The van der Waals surface area contributed by atoms with Crippen LogP contribution in [0.1, 0.15) is 30.2 Å². The molecule has 0 aliphatic carbocycles. The maximum Gasteiger partial charge on any atom is 0.224 e. The Labute approximate surface area is 111 Å². The second-order valence-corrected chi connectivity index (χ2v) is 5.13. The molecule has 0 spiro atoms. The number of nitrogens with zero attached hydrogens (tertiary/aromatic N) is 1. The van der Waals surface area contributed by atoms with Crippen LogP contribution in [0.5, 0.6) is 0 Å². The van der Waals surface area contributed by atoms with E-state index in [4.69, 9.17) is 5.73 Å². The SMILES string of the molecule is C=C1NC(=O)CCC1N1Cc2cc(N)ccc2C1O. The summed E-state index contributed by atoms with van der Waals surface area (Å²) in [5, 5.41) is 13.2. The summed E-state index contributed by atoms with van der Waals surface area (Å²) < 4.78 is 0. The van der Waals surface area contributed by atoms with E-state index in [0.717, 1.165) is 11.1 Å². The van der Waals surface area contributed by atoms with Gasteiger partial charge in [-0.3, -0.25) is 9.69 Å². The maximum absolute atomic E-state index is 11.3. The number of aliphatic hydroxyl groups is 1. The minimum Gasteiger partial charge on any atom is -0.399 e. The van der Waals surface area contributed by atoms with Crippen LogP contribution in [0.2, 0.25) is 0 Å².